The van der Waals surface area contributed by atoms with Crippen molar-refractivity contribution in [2.45, 2.75) is 133 Å². The van der Waals surface area contributed by atoms with Gasteiger partial charge in [0.15, 0.2) is 17.3 Å². The predicted octanol–water partition coefficient (Wildman–Crippen LogP) is 1.54. The number of esters is 4. The van der Waals surface area contributed by atoms with Gasteiger partial charge in [0.2, 0.25) is 0 Å². The number of aliphatic hydroxyl groups excluding tert-OH is 1. The van der Waals surface area contributed by atoms with Gasteiger partial charge in [0.25, 0.3) is 11.9 Å². The Hall–Kier alpha value is -3.12. The first kappa shape index (κ1) is 33.7. The number of aliphatic hydroxyl groups is 2. The normalized spacial score (nSPS) is 56.5. The maximum atomic E-state index is 13.9. The van der Waals surface area contributed by atoms with Crippen molar-refractivity contribution in [3.63, 3.8) is 0 Å². The van der Waals surface area contributed by atoms with E-state index in [0.29, 0.717) is 5.56 Å². The van der Waals surface area contributed by atoms with Crippen LogP contribution in [0, 0.1) is 28.1 Å². The Morgan fingerprint density at radius 1 is 0.980 bits per heavy atom. The van der Waals surface area contributed by atoms with Crippen molar-refractivity contribution in [1.29, 1.82) is 0 Å². The number of furan rings is 1. The van der Waals surface area contributed by atoms with E-state index in [1.54, 1.807) is 19.9 Å². The molecule has 16 nitrogen and oxygen atoms in total. The van der Waals surface area contributed by atoms with Gasteiger partial charge in [0, 0.05) is 61.8 Å². The summed E-state index contributed by atoms with van der Waals surface area (Å²) in [6.07, 6.45) is -4.80. The fourth-order valence-corrected chi connectivity index (χ4v) is 13.3. The van der Waals surface area contributed by atoms with Crippen molar-refractivity contribution >= 4 is 23.9 Å². The first-order valence-corrected chi connectivity index (χ1v) is 17.2. The minimum atomic E-state index is -2.45. The van der Waals surface area contributed by atoms with Gasteiger partial charge >= 0.3 is 23.9 Å². The van der Waals surface area contributed by atoms with Crippen LogP contribution in [0.5, 0.6) is 0 Å². The van der Waals surface area contributed by atoms with Crippen LogP contribution in [0.1, 0.15) is 79.4 Å². The lowest BCUT2D eigenvalue weighted by atomic mass is 9.32. The zero-order chi connectivity index (χ0) is 36.7. The number of methoxy groups -OCH3 is 1. The van der Waals surface area contributed by atoms with Gasteiger partial charge in [-0.2, -0.15) is 0 Å². The Kier molecular flexibility index (Phi) is 6.16. The number of rotatable bonds is 5. The average molecular weight is 719 g/mol. The maximum Gasteiger partial charge on any atom is 0.306 e. The van der Waals surface area contributed by atoms with Gasteiger partial charge in [0.1, 0.15) is 35.6 Å². The predicted molar refractivity (Wildman–Crippen MR) is 161 cm³/mol. The molecule has 2 N–H and O–H groups in total. The molecule has 278 valence electrons. The summed E-state index contributed by atoms with van der Waals surface area (Å²) in [6, 6.07) is 1.61. The molecule has 4 aliphatic carbocycles. The molecule has 16 atom stereocenters. The number of cyclic esters (lactones) is 1. The summed E-state index contributed by atoms with van der Waals surface area (Å²) >= 11 is 0. The molecule has 1 aromatic rings. The highest BCUT2D eigenvalue weighted by atomic mass is 16.9. The number of fused-ring (bicyclic) bond motifs is 5. The van der Waals surface area contributed by atoms with Crippen LogP contribution >= 0.6 is 0 Å². The molecule has 3 unspecified atom stereocenters. The van der Waals surface area contributed by atoms with Gasteiger partial charge in [-0.05, 0) is 18.4 Å². The molecule has 7 bridgehead atoms. The minimum Gasteiger partial charge on any atom is -0.472 e. The maximum absolute atomic E-state index is 13.9. The van der Waals surface area contributed by atoms with Gasteiger partial charge in [-0.25, -0.2) is 0 Å². The number of hydrogen-bond donors (Lipinski definition) is 2. The third-order valence-electron chi connectivity index (χ3n) is 14.3. The summed E-state index contributed by atoms with van der Waals surface area (Å²) in [5.74, 6) is -9.15. The molecule has 8 fully saturated rings. The fraction of sp³-hybridized carbons (Fsp3) is 0.771. The van der Waals surface area contributed by atoms with E-state index in [4.69, 9.17) is 47.0 Å². The van der Waals surface area contributed by atoms with Crippen LogP contribution in [0.4, 0.5) is 0 Å². The zero-order valence-corrected chi connectivity index (χ0v) is 29.5. The Labute approximate surface area is 292 Å². The zero-order valence-electron chi connectivity index (χ0n) is 29.5. The molecule has 1 aromatic heterocycles. The summed E-state index contributed by atoms with van der Waals surface area (Å²) in [5, 5.41) is 25.6. The summed E-state index contributed by atoms with van der Waals surface area (Å²) in [7, 11) is 1.25. The molecule has 8 aliphatic rings. The molecule has 5 heterocycles. The number of ether oxygens (including phenoxy) is 9. The van der Waals surface area contributed by atoms with Crippen molar-refractivity contribution in [3.05, 3.63) is 24.2 Å². The standard InChI is InChI=1S/C35H42O16/c1-15(36)44-24-23-28(4)19(12-21(39)46-22(28)17-9-10-43-13-17)33-25(40)34-26(45-16(2)37)27(3)14-32(34,49-31(7,50-33)51-34)29(5,18(27)11-20(38)42-8)35(24,33)48-30(6,41)47-23/h9-10,13,18-19,22-26,40-41H,11-12,14H2,1-8H3/t18-,19+,22-,23+,24+,25-,26-,27+,28+,29+,30?,31?,32?,33+,34+,35-/m0/s1. The van der Waals surface area contributed by atoms with Crippen molar-refractivity contribution < 1.29 is 76.4 Å². The average Bonchev–Trinajstić information content (AvgIpc) is 3.72. The van der Waals surface area contributed by atoms with E-state index >= 15 is 0 Å². The molecule has 0 radical (unpaired) electrons. The fourth-order valence-electron chi connectivity index (χ4n) is 13.3. The lowest BCUT2D eigenvalue weighted by molar-refractivity contribution is -0.576. The summed E-state index contributed by atoms with van der Waals surface area (Å²) in [6.45, 7) is 10.6. The number of carbonyl (C=O) groups is 4. The monoisotopic (exact) mass is 718 g/mol. The first-order chi connectivity index (χ1) is 23.7. The van der Waals surface area contributed by atoms with Crippen LogP contribution in [0.15, 0.2) is 23.0 Å². The molecule has 0 aromatic carbocycles. The smallest absolute Gasteiger partial charge is 0.306 e. The molecule has 4 saturated carbocycles. The SMILES string of the molecule is COC(=O)C[C@H]1[C@@]2(C)CC34OC5(C)O[C@]3([C@@H](O)[C@]3(O5)[C@@H]5CC(=O)O[C@@H](c6ccoc6)[C@]5(C)[C@@H]5OC(C)(O)O[C@@]3([C@@H]5OC(C)=O)[C@]14C)[C@H]2OC(C)=O. The van der Waals surface area contributed by atoms with Crippen molar-refractivity contribution in [3.8, 4) is 0 Å². The Balaban J connectivity index is 1.45. The molecular weight excluding hydrogens is 676 g/mol. The minimum absolute atomic E-state index is 0.0510. The Morgan fingerprint density at radius 2 is 1.67 bits per heavy atom. The second kappa shape index (κ2) is 9.32. The lowest BCUT2D eigenvalue weighted by Crippen LogP contribution is -3.00. The molecule has 4 aliphatic heterocycles. The second-order valence-corrected chi connectivity index (χ2v) is 16.5. The first-order valence-electron chi connectivity index (χ1n) is 17.2. The lowest BCUT2D eigenvalue weighted by Gasteiger charge is -2.81. The highest BCUT2D eigenvalue weighted by Gasteiger charge is 3.06. The quantitative estimate of drug-likeness (QED) is 0.327. The van der Waals surface area contributed by atoms with Crippen LogP contribution in [-0.2, 0) is 61.8 Å². The molecule has 4 saturated heterocycles. The van der Waals surface area contributed by atoms with Crippen molar-refractivity contribution in [2.24, 2.45) is 28.1 Å². The molecule has 16 heteroatoms. The van der Waals surface area contributed by atoms with Crippen molar-refractivity contribution in [2.75, 3.05) is 7.11 Å². The van der Waals surface area contributed by atoms with E-state index in [2.05, 4.69) is 0 Å². The van der Waals surface area contributed by atoms with Gasteiger partial charge in [-0.15, -0.1) is 0 Å². The van der Waals surface area contributed by atoms with E-state index in [1.807, 2.05) is 6.92 Å². The van der Waals surface area contributed by atoms with Crippen LogP contribution in [-0.4, -0.2) is 100.0 Å². The van der Waals surface area contributed by atoms with Crippen LogP contribution in [0.3, 0.4) is 0 Å². The van der Waals surface area contributed by atoms with Gasteiger partial charge in [-0.1, -0.05) is 20.8 Å². The molecule has 51 heavy (non-hydrogen) atoms. The number of carbonyl (C=O) groups excluding carboxylic acids is 4. The van der Waals surface area contributed by atoms with Gasteiger partial charge in [0.05, 0.1) is 26.1 Å². The van der Waals surface area contributed by atoms with Gasteiger partial charge < -0.3 is 57.3 Å². The summed E-state index contributed by atoms with van der Waals surface area (Å²) in [5.41, 5.74) is -11.8. The summed E-state index contributed by atoms with van der Waals surface area (Å²) < 4.78 is 63.4. The third-order valence-corrected chi connectivity index (χ3v) is 14.3. The largest absolute Gasteiger partial charge is 0.472 e. The molecule has 9 rings (SSSR count). The topological polar surface area (TPSA) is 205 Å². The second-order valence-electron chi connectivity index (χ2n) is 16.5. The molecular formula is C35H42O16. The van der Waals surface area contributed by atoms with Crippen LogP contribution < -0.4 is 0 Å². The van der Waals surface area contributed by atoms with E-state index in [0.717, 1.165) is 0 Å². The highest BCUT2D eigenvalue weighted by molar-refractivity contribution is 5.74. The van der Waals surface area contributed by atoms with Crippen LogP contribution in [0.2, 0.25) is 0 Å². The van der Waals surface area contributed by atoms with E-state index in [9.17, 15) is 29.4 Å². The summed E-state index contributed by atoms with van der Waals surface area (Å²) in [4.78, 5) is 53.7. The van der Waals surface area contributed by atoms with Crippen molar-refractivity contribution in [1.82, 2.24) is 0 Å². The third kappa shape index (κ3) is 3.23. The van der Waals surface area contributed by atoms with Gasteiger partial charge in [-0.3, -0.25) is 19.2 Å². The number of hydrogen-bond acceptors (Lipinski definition) is 16. The Bertz CT molecular complexity index is 1780. The Morgan fingerprint density at radius 3 is 2.29 bits per heavy atom. The highest BCUT2D eigenvalue weighted by Crippen LogP contribution is 2.90. The van der Waals surface area contributed by atoms with E-state index in [1.165, 1.54) is 47.3 Å². The molecule has 0 amide bonds. The molecule has 4 spiro atoms. The van der Waals surface area contributed by atoms with Crippen LogP contribution in [0.25, 0.3) is 0 Å². The van der Waals surface area contributed by atoms with E-state index < -0.39 is 117 Å². The van der Waals surface area contributed by atoms with E-state index in [-0.39, 0.29) is 19.3 Å².